The first-order valence-corrected chi connectivity index (χ1v) is 15.4. The van der Waals surface area contributed by atoms with E-state index in [1.165, 1.54) is 5.39 Å². The van der Waals surface area contributed by atoms with E-state index in [4.69, 9.17) is 15.0 Å². The van der Waals surface area contributed by atoms with Gasteiger partial charge < -0.3 is 0 Å². The second-order valence-electron chi connectivity index (χ2n) is 10.8. The summed E-state index contributed by atoms with van der Waals surface area (Å²) in [5.74, 6) is 1.82. The molecular weight excluding hydrogens is 618 g/mol. The molecule has 0 fully saturated rings. The minimum Gasteiger partial charge on any atom is -0.264 e. The van der Waals surface area contributed by atoms with Crippen LogP contribution in [0.4, 0.5) is 0 Å². The lowest BCUT2D eigenvalue weighted by Gasteiger charge is -2.12. The Morgan fingerprint density at radius 2 is 1.16 bits per heavy atom. The number of benzene rings is 5. The van der Waals surface area contributed by atoms with Crippen molar-refractivity contribution in [2.45, 2.75) is 0 Å². The lowest BCUT2D eigenvalue weighted by molar-refractivity contribution is 1.07. The van der Waals surface area contributed by atoms with Gasteiger partial charge in [-0.05, 0) is 75.5 Å². The third-order valence-corrected chi connectivity index (χ3v) is 8.35. The highest BCUT2D eigenvalue weighted by Gasteiger charge is 2.15. The van der Waals surface area contributed by atoms with Crippen molar-refractivity contribution in [2.24, 2.45) is 0 Å². The quantitative estimate of drug-likeness (QED) is 0.187. The molecule has 0 bridgehead atoms. The molecule has 6 heteroatoms. The summed E-state index contributed by atoms with van der Waals surface area (Å²) in [7, 11) is 0. The first-order valence-electron chi connectivity index (χ1n) is 14.6. The summed E-state index contributed by atoms with van der Waals surface area (Å²) < 4.78 is 0.936. The van der Waals surface area contributed by atoms with E-state index in [2.05, 4.69) is 117 Å². The smallest absolute Gasteiger partial charge is 0.164 e. The molecule has 0 unspecified atom stereocenters. The van der Waals surface area contributed by atoms with Crippen LogP contribution < -0.4 is 0 Å². The minimum atomic E-state index is 0.598. The number of hydrogen-bond donors (Lipinski definition) is 0. The van der Waals surface area contributed by atoms with E-state index in [-0.39, 0.29) is 0 Å². The highest BCUT2D eigenvalue weighted by atomic mass is 79.9. The normalized spacial score (nSPS) is 11.2. The van der Waals surface area contributed by atoms with Crippen molar-refractivity contribution in [3.8, 4) is 56.4 Å². The predicted molar refractivity (Wildman–Crippen MR) is 185 cm³/mol. The Hall–Kier alpha value is -5.59. The number of fused-ring (bicyclic) bond motifs is 2. The zero-order valence-corrected chi connectivity index (χ0v) is 25.6. The SMILES string of the molecule is Brc1cc(-c2nc(-c3ccc(-c4cccnc4)cc3)nc(-c3ccc4ccccc4c3)n2)cc(-c2cccc3ncccc23)c1. The maximum Gasteiger partial charge on any atom is 0.164 e. The number of hydrogen-bond acceptors (Lipinski definition) is 5. The van der Waals surface area contributed by atoms with Gasteiger partial charge in [0.05, 0.1) is 5.52 Å². The van der Waals surface area contributed by atoms with Gasteiger partial charge in [-0.15, -0.1) is 0 Å². The van der Waals surface area contributed by atoms with Gasteiger partial charge in [-0.25, -0.2) is 15.0 Å². The average molecular weight is 643 g/mol. The number of pyridine rings is 2. The highest BCUT2D eigenvalue weighted by Crippen LogP contribution is 2.34. The molecule has 8 aromatic rings. The van der Waals surface area contributed by atoms with Crippen molar-refractivity contribution in [3.05, 3.63) is 150 Å². The molecule has 5 nitrogen and oxygen atoms in total. The molecule has 5 aromatic carbocycles. The van der Waals surface area contributed by atoms with Crippen LogP contribution in [0.3, 0.4) is 0 Å². The topological polar surface area (TPSA) is 64.5 Å². The molecule has 0 atom stereocenters. The lowest BCUT2D eigenvalue weighted by atomic mass is 9.98. The van der Waals surface area contributed by atoms with E-state index in [1.807, 2.05) is 48.8 Å². The molecular formula is C39H24BrN5. The Balaban J connectivity index is 1.29. The molecule has 0 radical (unpaired) electrons. The van der Waals surface area contributed by atoms with Crippen molar-refractivity contribution >= 4 is 37.6 Å². The van der Waals surface area contributed by atoms with E-state index in [0.717, 1.165) is 59.7 Å². The molecule has 3 heterocycles. The second-order valence-corrected chi connectivity index (χ2v) is 11.7. The molecule has 45 heavy (non-hydrogen) atoms. The van der Waals surface area contributed by atoms with E-state index in [9.17, 15) is 0 Å². The Labute approximate surface area is 268 Å². The summed E-state index contributed by atoms with van der Waals surface area (Å²) in [6, 6.07) is 43.5. The molecule has 0 saturated carbocycles. The van der Waals surface area contributed by atoms with Gasteiger partial charge in [0.15, 0.2) is 17.5 Å². The van der Waals surface area contributed by atoms with Gasteiger partial charge in [0.25, 0.3) is 0 Å². The fourth-order valence-corrected chi connectivity index (χ4v) is 6.16. The molecule has 0 spiro atoms. The van der Waals surface area contributed by atoms with E-state index < -0.39 is 0 Å². The van der Waals surface area contributed by atoms with Gasteiger partial charge >= 0.3 is 0 Å². The van der Waals surface area contributed by atoms with Gasteiger partial charge in [0.1, 0.15) is 0 Å². The van der Waals surface area contributed by atoms with Crippen molar-refractivity contribution in [3.63, 3.8) is 0 Å². The molecule has 0 amide bonds. The number of halogens is 1. The maximum atomic E-state index is 5.05. The number of nitrogens with zero attached hydrogens (tertiary/aromatic N) is 5. The van der Waals surface area contributed by atoms with Crippen molar-refractivity contribution in [2.75, 3.05) is 0 Å². The van der Waals surface area contributed by atoms with Crippen LogP contribution in [0.15, 0.2) is 150 Å². The van der Waals surface area contributed by atoms with E-state index in [0.29, 0.717) is 17.5 Å². The van der Waals surface area contributed by atoms with E-state index >= 15 is 0 Å². The van der Waals surface area contributed by atoms with Crippen molar-refractivity contribution < 1.29 is 0 Å². The Bertz CT molecular complexity index is 2330. The predicted octanol–water partition coefficient (Wildman–Crippen LogP) is 10.1. The van der Waals surface area contributed by atoms with Gasteiger partial charge in [0.2, 0.25) is 0 Å². The summed E-state index contributed by atoms with van der Waals surface area (Å²) in [5, 5.41) is 3.39. The molecule has 0 aliphatic heterocycles. The maximum absolute atomic E-state index is 5.05. The fourth-order valence-electron chi connectivity index (χ4n) is 5.67. The second kappa shape index (κ2) is 11.5. The molecule has 0 N–H and O–H groups in total. The minimum absolute atomic E-state index is 0.598. The summed E-state index contributed by atoms with van der Waals surface area (Å²) in [6.07, 6.45) is 5.47. The van der Waals surface area contributed by atoms with Crippen LogP contribution >= 0.6 is 15.9 Å². The van der Waals surface area contributed by atoms with Crippen LogP contribution in [0.1, 0.15) is 0 Å². The molecule has 0 aliphatic rings. The van der Waals surface area contributed by atoms with E-state index in [1.54, 1.807) is 6.20 Å². The molecule has 8 rings (SSSR count). The van der Waals surface area contributed by atoms with Gasteiger partial charge in [-0.2, -0.15) is 0 Å². The van der Waals surface area contributed by atoms with Crippen LogP contribution in [0.25, 0.3) is 78.1 Å². The zero-order valence-electron chi connectivity index (χ0n) is 24.0. The van der Waals surface area contributed by atoms with Crippen LogP contribution in [0, 0.1) is 0 Å². The first-order chi connectivity index (χ1) is 22.2. The van der Waals surface area contributed by atoms with Crippen LogP contribution in [0.2, 0.25) is 0 Å². The monoisotopic (exact) mass is 641 g/mol. The number of rotatable bonds is 5. The standard InChI is InChI=1S/C39H24BrN5/c40-33-22-31(34-9-3-11-36-35(34)10-5-19-42-36)21-32(23-33)39-44-37(27-15-12-26(13-16-27)30-8-4-18-41-24-30)43-38(45-39)29-17-14-25-6-1-2-7-28(25)20-29/h1-24H. The molecule has 212 valence electrons. The van der Waals surface area contributed by atoms with Gasteiger partial charge in [0, 0.05) is 45.1 Å². The van der Waals surface area contributed by atoms with Crippen LogP contribution in [0.5, 0.6) is 0 Å². The largest absolute Gasteiger partial charge is 0.264 e. The summed E-state index contributed by atoms with van der Waals surface area (Å²) in [5.41, 5.74) is 7.96. The average Bonchev–Trinajstić information content (AvgIpc) is 3.11. The Morgan fingerprint density at radius 1 is 0.444 bits per heavy atom. The molecule has 0 aliphatic carbocycles. The van der Waals surface area contributed by atoms with Crippen LogP contribution in [-0.4, -0.2) is 24.9 Å². The summed E-state index contributed by atoms with van der Waals surface area (Å²) in [4.78, 5) is 23.9. The van der Waals surface area contributed by atoms with Gasteiger partial charge in [-0.3, -0.25) is 9.97 Å². The third kappa shape index (κ3) is 5.37. The molecule has 3 aromatic heterocycles. The van der Waals surface area contributed by atoms with Crippen molar-refractivity contribution in [1.82, 2.24) is 24.9 Å². The lowest BCUT2D eigenvalue weighted by Crippen LogP contribution is -2.00. The summed E-state index contributed by atoms with van der Waals surface area (Å²) in [6.45, 7) is 0. The third-order valence-electron chi connectivity index (χ3n) is 7.89. The first kappa shape index (κ1) is 27.0. The Kier molecular flexibility index (Phi) is 6.89. The number of aromatic nitrogens is 5. The van der Waals surface area contributed by atoms with Crippen LogP contribution in [-0.2, 0) is 0 Å². The summed E-state index contributed by atoms with van der Waals surface area (Å²) >= 11 is 3.76. The van der Waals surface area contributed by atoms with Gasteiger partial charge in [-0.1, -0.05) is 101 Å². The molecule has 0 saturated heterocycles. The highest BCUT2D eigenvalue weighted by molar-refractivity contribution is 9.10. The zero-order chi connectivity index (χ0) is 30.2. The van der Waals surface area contributed by atoms with Crippen molar-refractivity contribution in [1.29, 1.82) is 0 Å². The fraction of sp³-hybridized carbons (Fsp3) is 0. The Morgan fingerprint density at radius 3 is 1.98 bits per heavy atom.